The molecular formula is C14H18N2O3S2. The number of hydrogen-bond donors (Lipinski definition) is 2. The van der Waals surface area contributed by atoms with Gasteiger partial charge in [-0.2, -0.15) is 0 Å². The van der Waals surface area contributed by atoms with E-state index in [4.69, 9.17) is 10.5 Å². The van der Waals surface area contributed by atoms with E-state index in [-0.39, 0.29) is 17.4 Å². The molecule has 3 N–H and O–H groups in total. The van der Waals surface area contributed by atoms with Gasteiger partial charge in [-0.1, -0.05) is 12.1 Å². The Hall–Kier alpha value is -1.41. The highest BCUT2D eigenvalue weighted by molar-refractivity contribution is 7.91. The van der Waals surface area contributed by atoms with E-state index < -0.39 is 10.0 Å². The Bertz CT molecular complexity index is 696. The number of rotatable bonds is 7. The zero-order chi connectivity index (χ0) is 15.3. The molecule has 0 spiro atoms. The van der Waals surface area contributed by atoms with E-state index in [2.05, 4.69) is 4.72 Å². The Labute approximate surface area is 128 Å². The van der Waals surface area contributed by atoms with Gasteiger partial charge in [0.1, 0.15) is 16.6 Å². The van der Waals surface area contributed by atoms with E-state index in [1.807, 2.05) is 31.2 Å². The van der Waals surface area contributed by atoms with E-state index in [0.717, 1.165) is 16.9 Å². The van der Waals surface area contributed by atoms with Crippen LogP contribution in [0.25, 0.3) is 0 Å². The van der Waals surface area contributed by atoms with Crippen molar-refractivity contribution in [2.75, 3.05) is 13.2 Å². The lowest BCUT2D eigenvalue weighted by Gasteiger charge is -2.08. The predicted molar refractivity (Wildman–Crippen MR) is 84.1 cm³/mol. The van der Waals surface area contributed by atoms with Crippen molar-refractivity contribution in [1.29, 1.82) is 0 Å². The topological polar surface area (TPSA) is 81.4 Å². The number of thiophene rings is 1. The number of hydrogen-bond acceptors (Lipinski definition) is 5. The monoisotopic (exact) mass is 326 g/mol. The van der Waals surface area contributed by atoms with Crippen molar-refractivity contribution in [2.45, 2.75) is 17.7 Å². The second-order valence-electron chi connectivity index (χ2n) is 4.54. The lowest BCUT2D eigenvalue weighted by Crippen LogP contribution is -2.27. The van der Waals surface area contributed by atoms with Gasteiger partial charge in [-0.3, -0.25) is 0 Å². The van der Waals surface area contributed by atoms with Gasteiger partial charge in [0, 0.05) is 13.1 Å². The van der Waals surface area contributed by atoms with E-state index in [1.165, 1.54) is 11.3 Å². The molecule has 0 bridgehead atoms. The fourth-order valence-corrected chi connectivity index (χ4v) is 4.00. The Balaban J connectivity index is 1.85. The summed E-state index contributed by atoms with van der Waals surface area (Å²) >= 11 is 1.17. The highest BCUT2D eigenvalue weighted by Gasteiger charge is 2.15. The van der Waals surface area contributed by atoms with Gasteiger partial charge in [0.05, 0.1) is 0 Å². The molecule has 1 aromatic heterocycles. The van der Waals surface area contributed by atoms with E-state index in [1.54, 1.807) is 11.4 Å². The quantitative estimate of drug-likeness (QED) is 0.761. The first kappa shape index (κ1) is 16.0. The van der Waals surface area contributed by atoms with Crippen LogP contribution in [0.15, 0.2) is 39.9 Å². The van der Waals surface area contributed by atoms with Crippen molar-refractivity contribution in [3.8, 4) is 5.75 Å². The van der Waals surface area contributed by atoms with Crippen molar-refractivity contribution in [3.63, 3.8) is 0 Å². The number of sulfonamides is 1. The van der Waals surface area contributed by atoms with E-state index in [9.17, 15) is 8.42 Å². The largest absolute Gasteiger partial charge is 0.492 e. The molecule has 0 aliphatic carbocycles. The molecule has 0 saturated carbocycles. The maximum Gasteiger partial charge on any atom is 0.250 e. The summed E-state index contributed by atoms with van der Waals surface area (Å²) < 4.78 is 32.4. The molecule has 5 nitrogen and oxygen atoms in total. The Morgan fingerprint density at radius 2 is 2.14 bits per heavy atom. The van der Waals surface area contributed by atoms with Crippen LogP contribution in [0.5, 0.6) is 5.75 Å². The summed E-state index contributed by atoms with van der Waals surface area (Å²) in [7, 11) is -3.48. The number of benzene rings is 1. The first-order chi connectivity index (χ1) is 10.0. The van der Waals surface area contributed by atoms with Gasteiger partial charge < -0.3 is 10.5 Å². The Morgan fingerprint density at radius 1 is 1.33 bits per heavy atom. The van der Waals surface area contributed by atoms with Crippen LogP contribution in [0.1, 0.15) is 11.1 Å². The molecule has 114 valence electrons. The zero-order valence-electron chi connectivity index (χ0n) is 11.7. The van der Waals surface area contributed by atoms with Crippen LogP contribution < -0.4 is 15.2 Å². The SMILES string of the molecule is Cc1cccc(OCCNS(=O)(=O)c2cc(CN)cs2)c1. The third kappa shape index (κ3) is 4.53. The molecule has 0 atom stereocenters. The second-order valence-corrected chi connectivity index (χ2v) is 7.45. The van der Waals surface area contributed by atoms with Crippen LogP contribution in [0, 0.1) is 6.92 Å². The van der Waals surface area contributed by atoms with Crippen molar-refractivity contribution < 1.29 is 13.2 Å². The summed E-state index contributed by atoms with van der Waals surface area (Å²) in [6.45, 7) is 2.80. The maximum atomic E-state index is 12.0. The molecule has 2 aromatic rings. The van der Waals surface area contributed by atoms with Crippen LogP contribution >= 0.6 is 11.3 Å². The molecule has 0 aliphatic rings. The first-order valence-electron chi connectivity index (χ1n) is 6.48. The molecule has 0 unspecified atom stereocenters. The summed E-state index contributed by atoms with van der Waals surface area (Å²) in [6.07, 6.45) is 0. The third-order valence-corrected chi connectivity index (χ3v) is 5.73. The van der Waals surface area contributed by atoms with Crippen molar-refractivity contribution in [3.05, 3.63) is 46.8 Å². The van der Waals surface area contributed by atoms with Crippen molar-refractivity contribution >= 4 is 21.4 Å². The lowest BCUT2D eigenvalue weighted by atomic mass is 10.2. The minimum atomic E-state index is -3.48. The molecule has 0 radical (unpaired) electrons. The van der Waals surface area contributed by atoms with Gasteiger partial charge in [0.25, 0.3) is 0 Å². The summed E-state index contributed by atoms with van der Waals surface area (Å²) in [5.74, 6) is 0.732. The average molecular weight is 326 g/mol. The van der Waals surface area contributed by atoms with Crippen LogP contribution in [0.3, 0.4) is 0 Å². The molecule has 1 heterocycles. The highest BCUT2D eigenvalue weighted by atomic mass is 32.2. The molecule has 0 amide bonds. The van der Waals surface area contributed by atoms with Crippen molar-refractivity contribution in [1.82, 2.24) is 4.72 Å². The average Bonchev–Trinajstić information content (AvgIpc) is 2.93. The predicted octanol–water partition coefficient (Wildman–Crippen LogP) is 1.87. The van der Waals surface area contributed by atoms with Gasteiger partial charge in [0.15, 0.2) is 0 Å². The van der Waals surface area contributed by atoms with Gasteiger partial charge >= 0.3 is 0 Å². The summed E-state index contributed by atoms with van der Waals surface area (Å²) in [5, 5.41) is 1.75. The molecule has 1 aromatic carbocycles. The van der Waals surface area contributed by atoms with Crippen LogP contribution in [0.2, 0.25) is 0 Å². The number of nitrogens with one attached hydrogen (secondary N) is 1. The molecule has 7 heteroatoms. The molecular weight excluding hydrogens is 308 g/mol. The molecule has 0 aliphatic heterocycles. The smallest absolute Gasteiger partial charge is 0.250 e. The fraction of sp³-hybridized carbons (Fsp3) is 0.286. The number of ether oxygens (including phenoxy) is 1. The van der Waals surface area contributed by atoms with Crippen LogP contribution in [0.4, 0.5) is 0 Å². The lowest BCUT2D eigenvalue weighted by molar-refractivity contribution is 0.322. The summed E-state index contributed by atoms with van der Waals surface area (Å²) in [6, 6.07) is 9.21. The second kappa shape index (κ2) is 7.04. The van der Waals surface area contributed by atoms with Gasteiger partial charge in [-0.25, -0.2) is 13.1 Å². The first-order valence-corrected chi connectivity index (χ1v) is 8.84. The maximum absolute atomic E-state index is 12.0. The minimum absolute atomic E-state index is 0.214. The van der Waals surface area contributed by atoms with Crippen LogP contribution in [-0.4, -0.2) is 21.6 Å². The molecule has 0 fully saturated rings. The summed E-state index contributed by atoms with van der Waals surface area (Å²) in [4.78, 5) is 0. The van der Waals surface area contributed by atoms with Gasteiger partial charge in [0.2, 0.25) is 10.0 Å². The van der Waals surface area contributed by atoms with Crippen molar-refractivity contribution in [2.24, 2.45) is 5.73 Å². The van der Waals surface area contributed by atoms with E-state index >= 15 is 0 Å². The Kier molecular flexibility index (Phi) is 5.35. The number of nitrogens with two attached hydrogens (primary N) is 1. The fourth-order valence-electron chi connectivity index (χ4n) is 1.72. The normalized spacial score (nSPS) is 11.5. The third-order valence-electron chi connectivity index (χ3n) is 2.78. The van der Waals surface area contributed by atoms with E-state index in [0.29, 0.717) is 6.54 Å². The highest BCUT2D eigenvalue weighted by Crippen LogP contribution is 2.19. The Morgan fingerprint density at radius 3 is 2.81 bits per heavy atom. The molecule has 0 saturated heterocycles. The molecule has 21 heavy (non-hydrogen) atoms. The zero-order valence-corrected chi connectivity index (χ0v) is 13.3. The summed E-state index contributed by atoms with van der Waals surface area (Å²) in [5.41, 5.74) is 7.39. The standard InChI is InChI=1S/C14H18N2O3S2/c1-11-3-2-4-13(7-11)19-6-5-16-21(17,18)14-8-12(9-15)10-20-14/h2-4,7-8,10,16H,5-6,9,15H2,1H3. The van der Waals surface area contributed by atoms with Crippen LogP contribution in [-0.2, 0) is 16.6 Å². The number of aryl methyl sites for hydroxylation is 1. The van der Waals surface area contributed by atoms with Gasteiger partial charge in [-0.15, -0.1) is 11.3 Å². The van der Waals surface area contributed by atoms with Gasteiger partial charge in [-0.05, 0) is 41.6 Å². The minimum Gasteiger partial charge on any atom is -0.492 e. The molecule has 2 rings (SSSR count).